The zero-order valence-corrected chi connectivity index (χ0v) is 8.04. The number of hydrogen-bond acceptors (Lipinski definition) is 3. The van der Waals surface area contributed by atoms with Crippen molar-refractivity contribution in [2.24, 2.45) is 10.7 Å². The van der Waals surface area contributed by atoms with Crippen LogP contribution in [0, 0.1) is 5.82 Å². The highest BCUT2D eigenvalue weighted by Crippen LogP contribution is 2.36. The Hall–Kier alpha value is -1.58. The molecule has 1 heterocycles. The van der Waals surface area contributed by atoms with E-state index < -0.39 is 11.4 Å². The van der Waals surface area contributed by atoms with Gasteiger partial charge in [-0.05, 0) is 26.0 Å². The summed E-state index contributed by atoms with van der Waals surface area (Å²) in [6.07, 6.45) is 0. The number of halogens is 1. The van der Waals surface area contributed by atoms with Crippen LogP contribution < -0.4 is 10.5 Å². The molecular formula is C10H11FN2O. The molecule has 0 fully saturated rings. The summed E-state index contributed by atoms with van der Waals surface area (Å²) in [5.74, 6) is 0.120. The number of aliphatic imine (C=N–C) groups is 1. The average molecular weight is 194 g/mol. The molecule has 1 aliphatic heterocycles. The molecule has 1 aromatic rings. The molecule has 0 atom stereocenters. The highest BCUT2D eigenvalue weighted by Gasteiger charge is 2.31. The summed E-state index contributed by atoms with van der Waals surface area (Å²) >= 11 is 0. The summed E-state index contributed by atoms with van der Waals surface area (Å²) in [5, 5.41) is 0. The lowest BCUT2D eigenvalue weighted by Gasteiger charge is -2.30. The van der Waals surface area contributed by atoms with Crippen LogP contribution in [0.5, 0.6) is 5.75 Å². The van der Waals surface area contributed by atoms with Gasteiger partial charge in [-0.1, -0.05) is 6.07 Å². The second-order valence-corrected chi connectivity index (χ2v) is 3.70. The summed E-state index contributed by atoms with van der Waals surface area (Å²) < 4.78 is 18.7. The molecule has 0 bridgehead atoms. The van der Waals surface area contributed by atoms with Crippen molar-refractivity contribution < 1.29 is 9.13 Å². The van der Waals surface area contributed by atoms with E-state index in [1.54, 1.807) is 26.0 Å². The summed E-state index contributed by atoms with van der Waals surface area (Å²) in [7, 11) is 0. The van der Waals surface area contributed by atoms with E-state index in [9.17, 15) is 4.39 Å². The van der Waals surface area contributed by atoms with E-state index in [0.717, 1.165) is 0 Å². The molecule has 0 aliphatic carbocycles. The first-order chi connectivity index (χ1) is 6.50. The average Bonchev–Trinajstić information content (AvgIpc) is 2.09. The normalized spacial score (nSPS) is 18.1. The fraction of sp³-hybridized carbons (Fsp3) is 0.300. The lowest BCUT2D eigenvalue weighted by atomic mass is 10.1. The third-order valence-corrected chi connectivity index (χ3v) is 2.16. The number of nitrogens with two attached hydrogens (primary N) is 1. The number of para-hydroxylation sites is 1. The summed E-state index contributed by atoms with van der Waals surface area (Å²) in [6, 6.07) is 4.58. The number of benzene rings is 1. The molecule has 2 rings (SSSR count). The zero-order chi connectivity index (χ0) is 10.3. The van der Waals surface area contributed by atoms with Gasteiger partial charge >= 0.3 is 0 Å². The van der Waals surface area contributed by atoms with Crippen LogP contribution in [0.4, 0.5) is 10.1 Å². The minimum Gasteiger partial charge on any atom is -0.475 e. The predicted octanol–water partition coefficient (Wildman–Crippen LogP) is 1.99. The van der Waals surface area contributed by atoms with Gasteiger partial charge < -0.3 is 10.5 Å². The molecule has 2 N–H and O–H groups in total. The van der Waals surface area contributed by atoms with Crippen molar-refractivity contribution >= 4 is 11.5 Å². The summed E-state index contributed by atoms with van der Waals surface area (Å²) in [4.78, 5) is 4.09. The van der Waals surface area contributed by atoms with E-state index in [4.69, 9.17) is 10.5 Å². The van der Waals surface area contributed by atoms with Gasteiger partial charge in [0, 0.05) is 0 Å². The van der Waals surface area contributed by atoms with Gasteiger partial charge in [-0.3, -0.25) is 0 Å². The van der Waals surface area contributed by atoms with Gasteiger partial charge in [-0.2, -0.15) is 0 Å². The minimum absolute atomic E-state index is 0.173. The van der Waals surface area contributed by atoms with E-state index in [-0.39, 0.29) is 5.75 Å². The lowest BCUT2D eigenvalue weighted by molar-refractivity contribution is 0.169. The fourth-order valence-corrected chi connectivity index (χ4v) is 1.26. The molecule has 14 heavy (non-hydrogen) atoms. The highest BCUT2D eigenvalue weighted by molar-refractivity contribution is 5.93. The van der Waals surface area contributed by atoms with Gasteiger partial charge in [0.2, 0.25) is 0 Å². The fourth-order valence-electron chi connectivity index (χ4n) is 1.26. The molecule has 0 amide bonds. The van der Waals surface area contributed by atoms with Crippen molar-refractivity contribution in [3.63, 3.8) is 0 Å². The number of nitrogens with zero attached hydrogens (tertiary/aromatic N) is 1. The quantitative estimate of drug-likeness (QED) is 0.686. The van der Waals surface area contributed by atoms with Crippen molar-refractivity contribution in [1.82, 2.24) is 0 Å². The molecule has 0 radical (unpaired) electrons. The molecule has 0 saturated heterocycles. The molecule has 4 heteroatoms. The Morgan fingerprint density at radius 2 is 2.14 bits per heavy atom. The van der Waals surface area contributed by atoms with Crippen molar-refractivity contribution in [2.45, 2.75) is 19.4 Å². The van der Waals surface area contributed by atoms with Gasteiger partial charge in [0.25, 0.3) is 0 Å². The van der Waals surface area contributed by atoms with Crippen LogP contribution in [0.25, 0.3) is 0 Å². The number of rotatable bonds is 0. The molecular weight excluding hydrogens is 183 g/mol. The minimum atomic E-state index is -0.741. The SMILES string of the molecule is CC1(C)Oc2c(F)cccc2N=C1N. The highest BCUT2D eigenvalue weighted by atomic mass is 19.1. The number of ether oxygens (including phenoxy) is 1. The molecule has 0 saturated carbocycles. The van der Waals surface area contributed by atoms with Gasteiger partial charge in [0.05, 0.1) is 0 Å². The first-order valence-corrected chi connectivity index (χ1v) is 4.33. The Morgan fingerprint density at radius 3 is 2.86 bits per heavy atom. The molecule has 3 nitrogen and oxygen atoms in total. The van der Waals surface area contributed by atoms with Crippen molar-refractivity contribution in [3.8, 4) is 5.75 Å². The molecule has 0 unspecified atom stereocenters. The summed E-state index contributed by atoms with van der Waals surface area (Å²) in [5.41, 5.74) is 5.39. The monoisotopic (exact) mass is 194 g/mol. The molecule has 0 aromatic heterocycles. The predicted molar refractivity (Wildman–Crippen MR) is 52.4 cm³/mol. The molecule has 74 valence electrons. The maximum absolute atomic E-state index is 13.3. The third-order valence-electron chi connectivity index (χ3n) is 2.16. The summed E-state index contributed by atoms with van der Waals surface area (Å²) in [6.45, 7) is 3.50. The Labute approximate surface area is 81.4 Å². The number of hydrogen-bond donors (Lipinski definition) is 1. The van der Waals surface area contributed by atoms with Crippen molar-refractivity contribution in [2.75, 3.05) is 0 Å². The lowest BCUT2D eigenvalue weighted by Crippen LogP contribution is -2.45. The molecule has 1 aromatic carbocycles. The number of amidine groups is 1. The standard InChI is InChI=1S/C10H11FN2O/c1-10(2)9(12)13-7-5-3-4-6(11)8(7)14-10/h3-5H,1-2H3,(H2,12,13). The zero-order valence-electron chi connectivity index (χ0n) is 8.04. The molecule has 0 spiro atoms. The van der Waals surface area contributed by atoms with E-state index in [0.29, 0.717) is 11.5 Å². The Morgan fingerprint density at radius 1 is 1.43 bits per heavy atom. The van der Waals surface area contributed by atoms with Gasteiger partial charge in [-0.25, -0.2) is 9.38 Å². The van der Waals surface area contributed by atoms with E-state index in [1.807, 2.05) is 0 Å². The van der Waals surface area contributed by atoms with Crippen LogP contribution in [0.1, 0.15) is 13.8 Å². The first kappa shape index (κ1) is 8.99. The van der Waals surface area contributed by atoms with E-state index in [1.165, 1.54) is 6.07 Å². The van der Waals surface area contributed by atoms with Crippen LogP contribution in [0.2, 0.25) is 0 Å². The van der Waals surface area contributed by atoms with Crippen molar-refractivity contribution in [1.29, 1.82) is 0 Å². The maximum atomic E-state index is 13.3. The van der Waals surface area contributed by atoms with Crippen LogP contribution >= 0.6 is 0 Å². The Balaban J connectivity index is 2.59. The molecule has 1 aliphatic rings. The van der Waals surface area contributed by atoms with Crippen LogP contribution in [0.3, 0.4) is 0 Å². The smallest absolute Gasteiger partial charge is 0.182 e. The van der Waals surface area contributed by atoms with Gasteiger partial charge in [0.15, 0.2) is 17.2 Å². The maximum Gasteiger partial charge on any atom is 0.182 e. The van der Waals surface area contributed by atoms with Gasteiger partial charge in [-0.15, -0.1) is 0 Å². The third kappa shape index (κ3) is 1.23. The second kappa shape index (κ2) is 2.70. The Bertz CT molecular complexity index is 413. The van der Waals surface area contributed by atoms with E-state index in [2.05, 4.69) is 4.99 Å². The van der Waals surface area contributed by atoms with Crippen molar-refractivity contribution in [3.05, 3.63) is 24.0 Å². The van der Waals surface area contributed by atoms with Crippen LogP contribution in [-0.2, 0) is 0 Å². The largest absolute Gasteiger partial charge is 0.475 e. The topological polar surface area (TPSA) is 47.6 Å². The number of fused-ring (bicyclic) bond motifs is 1. The second-order valence-electron chi connectivity index (χ2n) is 3.70. The van der Waals surface area contributed by atoms with E-state index >= 15 is 0 Å². The van der Waals surface area contributed by atoms with Crippen LogP contribution in [-0.4, -0.2) is 11.4 Å². The Kier molecular flexibility index (Phi) is 1.74. The van der Waals surface area contributed by atoms with Gasteiger partial charge in [0.1, 0.15) is 11.5 Å². The first-order valence-electron chi connectivity index (χ1n) is 4.33. The van der Waals surface area contributed by atoms with Crippen LogP contribution in [0.15, 0.2) is 23.2 Å².